The van der Waals surface area contributed by atoms with Crippen LogP contribution in [0.1, 0.15) is 14.2 Å². The van der Waals surface area contributed by atoms with Crippen LogP contribution < -0.4 is 0 Å². The van der Waals surface area contributed by atoms with Crippen LogP contribution in [0.3, 0.4) is 0 Å². The van der Waals surface area contributed by atoms with Crippen LogP contribution >= 0.6 is 0 Å². The summed E-state index contributed by atoms with van der Waals surface area (Å²) < 4.78 is 6.83. The molecule has 1 N–H and O–H groups in total. The molecule has 1 aliphatic heterocycles. The van der Waals surface area contributed by atoms with E-state index in [0.29, 0.717) is 0 Å². The summed E-state index contributed by atoms with van der Waals surface area (Å²) in [5.41, 5.74) is 0. The predicted octanol–water partition coefficient (Wildman–Crippen LogP) is -0.475. The summed E-state index contributed by atoms with van der Waals surface area (Å²) >= 11 is 0. The highest BCUT2D eigenvalue weighted by Gasteiger charge is 2.26. The van der Waals surface area contributed by atoms with Crippen molar-refractivity contribution in [2.45, 2.75) is 12.8 Å². The lowest BCUT2D eigenvalue weighted by Crippen LogP contribution is -2.24. The third kappa shape index (κ3) is 0.586. The van der Waals surface area contributed by atoms with Gasteiger partial charge in [0.2, 0.25) is 0 Å². The number of hydrogen-bond donors (Lipinski definition) is 1. The molecule has 0 radical (unpaired) electrons. The van der Waals surface area contributed by atoms with E-state index >= 15 is 0 Å². The number of imide groups is 1. The van der Waals surface area contributed by atoms with Gasteiger partial charge in [0.25, 0.3) is 11.8 Å². The molecule has 0 spiro atoms. The van der Waals surface area contributed by atoms with E-state index in [-0.39, 0.29) is 11.5 Å². The van der Waals surface area contributed by atoms with E-state index in [9.17, 15) is 9.59 Å². The zero-order valence-corrected chi connectivity index (χ0v) is 4.00. The molecule has 1 rings (SSSR count). The maximum absolute atomic E-state index is 10.4. The molecule has 0 aromatic carbocycles. The smallest absolute Gasteiger partial charge is 0.253 e. The van der Waals surface area contributed by atoms with Gasteiger partial charge in [-0.25, -0.2) is 0 Å². The van der Waals surface area contributed by atoms with Gasteiger partial charge >= 0.3 is 0 Å². The Labute approximate surface area is 47.1 Å². The summed E-state index contributed by atoms with van der Waals surface area (Å²) in [7, 11) is 0. The summed E-state index contributed by atoms with van der Waals surface area (Å²) in [5, 5.41) is 8.45. The molecule has 0 aromatic rings. The number of nitrogens with zero attached hydrogens (tertiary/aromatic N) is 1. The van der Waals surface area contributed by atoms with Crippen LogP contribution in [-0.4, -0.2) is 22.1 Å². The molecule has 1 saturated heterocycles. The summed E-state index contributed by atoms with van der Waals surface area (Å²) in [5.74, 6) is -1.53. The summed E-state index contributed by atoms with van der Waals surface area (Å²) in [6.45, 7) is 0. The third-order valence-corrected chi connectivity index (χ3v) is 0.896. The molecule has 0 bridgehead atoms. The van der Waals surface area contributed by atoms with Crippen LogP contribution in [0.15, 0.2) is 0 Å². The Morgan fingerprint density at radius 1 is 1.62 bits per heavy atom. The van der Waals surface area contributed by atoms with Gasteiger partial charge in [-0.15, -0.1) is 0 Å². The van der Waals surface area contributed by atoms with E-state index in [4.69, 9.17) is 6.58 Å². The lowest BCUT2D eigenvalue weighted by molar-refractivity contribution is -0.171. The Morgan fingerprint density at radius 3 is 2.38 bits per heavy atom. The fourth-order valence-corrected chi connectivity index (χ4v) is 0.470. The first-order valence-corrected chi connectivity index (χ1v) is 2.11. The van der Waals surface area contributed by atoms with E-state index < -0.39 is 18.2 Å². The minimum absolute atomic E-state index is 0.00231. The highest BCUT2D eigenvalue weighted by Crippen LogP contribution is 2.06. The van der Waals surface area contributed by atoms with Gasteiger partial charge in [0.05, 0.1) is 0 Å². The van der Waals surface area contributed by atoms with Gasteiger partial charge in [-0.1, -0.05) is 0 Å². The topological polar surface area (TPSA) is 57.6 Å². The number of carbonyl (C=O) groups is 2. The summed E-state index contributed by atoms with van der Waals surface area (Å²) in [4.78, 5) is 20.7. The largest absolute Gasteiger partial charge is 0.279 e. The number of rotatable bonds is 0. The zero-order valence-electron chi connectivity index (χ0n) is 5.00. The number of carbonyl (C=O) groups excluding carboxylic acids is 2. The number of hydrogen-bond acceptors (Lipinski definition) is 3. The molecule has 0 aliphatic carbocycles. The fraction of sp³-hybridized carbons (Fsp3) is 0.500. The monoisotopic (exact) mass is 117 g/mol. The molecule has 4 heteroatoms. The summed E-state index contributed by atoms with van der Waals surface area (Å²) in [6, 6.07) is 0. The molecular formula is C4H5NO3. The molecule has 1 fully saturated rings. The zero-order chi connectivity index (χ0) is 7.02. The van der Waals surface area contributed by atoms with Crippen LogP contribution in [-0.2, 0) is 9.59 Å². The molecule has 2 amide bonds. The van der Waals surface area contributed by atoms with Gasteiger partial charge in [-0.2, -0.15) is 5.06 Å². The van der Waals surface area contributed by atoms with Gasteiger partial charge in [0.1, 0.15) is 0 Å². The van der Waals surface area contributed by atoms with Gasteiger partial charge in [0, 0.05) is 14.2 Å². The SMILES string of the molecule is [3H]C1CC(=O)N(O)C1=O. The Morgan fingerprint density at radius 2 is 2.25 bits per heavy atom. The maximum Gasteiger partial charge on any atom is 0.253 e. The van der Waals surface area contributed by atoms with Crippen molar-refractivity contribution in [3.63, 3.8) is 0 Å². The second kappa shape index (κ2) is 1.56. The van der Waals surface area contributed by atoms with E-state index in [1.807, 2.05) is 0 Å². The minimum Gasteiger partial charge on any atom is -0.279 e. The van der Waals surface area contributed by atoms with Gasteiger partial charge in [0.15, 0.2) is 0 Å². The highest BCUT2D eigenvalue weighted by atomic mass is 16.5. The van der Waals surface area contributed by atoms with Crippen molar-refractivity contribution in [3.05, 3.63) is 0 Å². The molecule has 1 aliphatic rings. The predicted molar refractivity (Wildman–Crippen MR) is 22.9 cm³/mol. The Bertz CT molecular complexity index is 169. The van der Waals surface area contributed by atoms with Crippen LogP contribution in [0.2, 0.25) is 0 Å². The van der Waals surface area contributed by atoms with E-state index in [0.717, 1.165) is 0 Å². The van der Waals surface area contributed by atoms with Gasteiger partial charge < -0.3 is 0 Å². The van der Waals surface area contributed by atoms with E-state index in [1.165, 1.54) is 0 Å². The second-order valence-corrected chi connectivity index (χ2v) is 1.45. The molecule has 0 saturated carbocycles. The molecule has 44 valence electrons. The molecular weight excluding hydrogens is 110 g/mol. The van der Waals surface area contributed by atoms with Crippen LogP contribution in [0.4, 0.5) is 0 Å². The van der Waals surface area contributed by atoms with E-state index in [1.54, 1.807) is 0 Å². The Kier molecular flexibility index (Phi) is 0.783. The Balaban J connectivity index is 2.77. The highest BCUT2D eigenvalue weighted by molar-refractivity contribution is 6.00. The molecule has 4 nitrogen and oxygen atoms in total. The van der Waals surface area contributed by atoms with Gasteiger partial charge in [-0.05, 0) is 0 Å². The van der Waals surface area contributed by atoms with Crippen LogP contribution in [0.5, 0.6) is 0 Å². The average molecular weight is 117 g/mol. The molecule has 1 unspecified atom stereocenters. The van der Waals surface area contributed by atoms with Crippen molar-refractivity contribution in [1.29, 1.82) is 0 Å². The first-order chi connectivity index (χ1) is 4.13. The fourth-order valence-electron chi connectivity index (χ4n) is 0.470. The first kappa shape index (κ1) is 4.03. The van der Waals surface area contributed by atoms with Crippen LogP contribution in [0, 0.1) is 0 Å². The third-order valence-electron chi connectivity index (χ3n) is 0.896. The molecule has 1 heterocycles. The lowest BCUT2D eigenvalue weighted by atomic mass is 10.4. The van der Waals surface area contributed by atoms with Crippen LogP contribution in [0.25, 0.3) is 0 Å². The molecule has 1 atom stereocenters. The maximum atomic E-state index is 10.4. The normalized spacial score (nSPS) is 31.4. The van der Waals surface area contributed by atoms with E-state index in [2.05, 4.69) is 0 Å². The van der Waals surface area contributed by atoms with Gasteiger partial charge in [-0.3, -0.25) is 14.8 Å². The van der Waals surface area contributed by atoms with Crippen molar-refractivity contribution in [2.75, 3.05) is 0 Å². The average Bonchev–Trinajstić information content (AvgIpc) is 1.98. The van der Waals surface area contributed by atoms with Crippen molar-refractivity contribution in [1.82, 2.24) is 5.06 Å². The molecule has 0 aromatic heterocycles. The standard InChI is InChI=1S/C4H5NO3/c6-3-1-2-4(7)5(3)8/h8H,1-2H2/i1T. The van der Waals surface area contributed by atoms with Crippen molar-refractivity contribution < 1.29 is 16.2 Å². The van der Waals surface area contributed by atoms with Crippen molar-refractivity contribution in [3.8, 4) is 0 Å². The minimum atomic E-state index is -1.09. The van der Waals surface area contributed by atoms with Crippen molar-refractivity contribution in [2.24, 2.45) is 0 Å². The molecule has 8 heavy (non-hydrogen) atoms. The quantitative estimate of drug-likeness (QED) is 0.344. The lowest BCUT2D eigenvalue weighted by Gasteiger charge is -1.98. The first-order valence-electron chi connectivity index (χ1n) is 2.68. The number of hydroxylamine groups is 2. The second-order valence-electron chi connectivity index (χ2n) is 1.45. The Hall–Kier alpha value is -0.900. The number of amides is 2. The van der Waals surface area contributed by atoms with Crippen molar-refractivity contribution >= 4 is 11.8 Å². The summed E-state index contributed by atoms with van der Waals surface area (Å²) in [6.07, 6.45) is -1.29.